The fourth-order valence-corrected chi connectivity index (χ4v) is 4.20. The monoisotopic (exact) mass is 437 g/mol. The van der Waals surface area contributed by atoms with Crippen molar-refractivity contribution >= 4 is 29.0 Å². The SMILES string of the molecule is COc1ccc(-c2nc(SCC(=O)Nc3ccc(N4CCCCCC4)cc3)n[nH]2)cc1. The molecule has 7 nitrogen and oxygen atoms in total. The maximum absolute atomic E-state index is 12.3. The number of hydrogen-bond acceptors (Lipinski definition) is 6. The lowest BCUT2D eigenvalue weighted by molar-refractivity contribution is -0.113. The summed E-state index contributed by atoms with van der Waals surface area (Å²) in [6, 6.07) is 15.7. The first kappa shape index (κ1) is 21.2. The Bertz CT molecular complexity index is 980. The Morgan fingerprint density at radius 1 is 1.06 bits per heavy atom. The lowest BCUT2D eigenvalue weighted by atomic mass is 10.2. The van der Waals surface area contributed by atoms with E-state index in [0.29, 0.717) is 11.0 Å². The minimum atomic E-state index is -0.0803. The van der Waals surface area contributed by atoms with Gasteiger partial charge in [-0.3, -0.25) is 9.89 Å². The molecule has 0 radical (unpaired) electrons. The number of thioether (sulfide) groups is 1. The van der Waals surface area contributed by atoms with E-state index in [9.17, 15) is 4.79 Å². The van der Waals surface area contributed by atoms with Gasteiger partial charge in [-0.25, -0.2) is 4.98 Å². The molecule has 8 heteroatoms. The molecular formula is C23H27N5O2S. The quantitative estimate of drug-likeness (QED) is 0.526. The van der Waals surface area contributed by atoms with Gasteiger partial charge in [-0.05, 0) is 61.4 Å². The molecule has 2 N–H and O–H groups in total. The second kappa shape index (κ2) is 10.3. The highest BCUT2D eigenvalue weighted by Gasteiger charge is 2.12. The van der Waals surface area contributed by atoms with E-state index < -0.39 is 0 Å². The lowest BCUT2D eigenvalue weighted by Gasteiger charge is -2.22. The van der Waals surface area contributed by atoms with Gasteiger partial charge in [-0.1, -0.05) is 24.6 Å². The van der Waals surface area contributed by atoms with Gasteiger partial charge in [-0.15, -0.1) is 5.10 Å². The molecule has 0 bridgehead atoms. The third kappa shape index (κ3) is 5.79. The summed E-state index contributed by atoms with van der Waals surface area (Å²) in [4.78, 5) is 19.2. The first-order valence-corrected chi connectivity index (χ1v) is 11.5. The van der Waals surface area contributed by atoms with Crippen molar-refractivity contribution < 1.29 is 9.53 Å². The summed E-state index contributed by atoms with van der Waals surface area (Å²) in [7, 11) is 1.63. The number of aromatic nitrogens is 3. The van der Waals surface area contributed by atoms with Crippen LogP contribution in [0.15, 0.2) is 53.7 Å². The maximum Gasteiger partial charge on any atom is 0.234 e. The van der Waals surface area contributed by atoms with Gasteiger partial charge in [0.1, 0.15) is 5.75 Å². The summed E-state index contributed by atoms with van der Waals surface area (Å²) < 4.78 is 5.17. The number of aromatic amines is 1. The predicted octanol–water partition coefficient (Wildman–Crippen LogP) is 4.59. The molecule has 1 saturated heterocycles. The molecular weight excluding hydrogens is 410 g/mol. The smallest absolute Gasteiger partial charge is 0.234 e. The fourth-order valence-electron chi connectivity index (χ4n) is 3.60. The van der Waals surface area contributed by atoms with Crippen molar-refractivity contribution in [3.8, 4) is 17.1 Å². The van der Waals surface area contributed by atoms with Crippen molar-refractivity contribution in [3.63, 3.8) is 0 Å². The van der Waals surface area contributed by atoms with Gasteiger partial charge in [0, 0.05) is 30.0 Å². The van der Waals surface area contributed by atoms with Crippen LogP contribution in [0.4, 0.5) is 11.4 Å². The molecule has 0 spiro atoms. The van der Waals surface area contributed by atoms with Crippen molar-refractivity contribution in [2.24, 2.45) is 0 Å². The van der Waals surface area contributed by atoms with Crippen molar-refractivity contribution in [2.45, 2.75) is 30.8 Å². The van der Waals surface area contributed by atoms with Crippen LogP contribution in [-0.2, 0) is 4.79 Å². The number of benzene rings is 2. The van der Waals surface area contributed by atoms with E-state index in [4.69, 9.17) is 4.74 Å². The summed E-state index contributed by atoms with van der Waals surface area (Å²) in [6.45, 7) is 2.22. The van der Waals surface area contributed by atoms with E-state index in [1.165, 1.54) is 43.1 Å². The summed E-state index contributed by atoms with van der Waals surface area (Å²) >= 11 is 1.30. The van der Waals surface area contributed by atoms with Gasteiger partial charge in [0.2, 0.25) is 11.1 Å². The molecule has 1 aliphatic heterocycles. The highest BCUT2D eigenvalue weighted by atomic mass is 32.2. The number of carbonyl (C=O) groups is 1. The molecule has 0 aliphatic carbocycles. The molecule has 1 aliphatic rings. The Balaban J connectivity index is 1.27. The van der Waals surface area contributed by atoms with Gasteiger partial charge in [0.05, 0.1) is 12.9 Å². The lowest BCUT2D eigenvalue weighted by Crippen LogP contribution is -2.23. The zero-order valence-corrected chi connectivity index (χ0v) is 18.5. The summed E-state index contributed by atoms with van der Waals surface area (Å²) in [5.41, 5.74) is 2.94. The number of nitrogens with zero attached hydrogens (tertiary/aromatic N) is 3. The number of anilines is 2. The van der Waals surface area contributed by atoms with Crippen LogP contribution in [0, 0.1) is 0 Å². The average molecular weight is 438 g/mol. The third-order valence-corrected chi connectivity index (χ3v) is 6.13. The highest BCUT2D eigenvalue weighted by molar-refractivity contribution is 7.99. The fraction of sp³-hybridized carbons (Fsp3) is 0.348. The van der Waals surface area contributed by atoms with Gasteiger partial charge in [0.25, 0.3) is 0 Å². The van der Waals surface area contributed by atoms with Gasteiger partial charge < -0.3 is 15.0 Å². The predicted molar refractivity (Wildman–Crippen MR) is 125 cm³/mol. The van der Waals surface area contributed by atoms with Crippen LogP contribution in [0.25, 0.3) is 11.4 Å². The number of ether oxygens (including phenoxy) is 1. The van der Waals surface area contributed by atoms with Crippen molar-refractivity contribution in [2.75, 3.05) is 36.2 Å². The average Bonchev–Trinajstić information content (AvgIpc) is 3.12. The van der Waals surface area contributed by atoms with Gasteiger partial charge in [-0.2, -0.15) is 0 Å². The number of carbonyl (C=O) groups excluding carboxylic acids is 1. The molecule has 1 amide bonds. The summed E-state index contributed by atoms with van der Waals surface area (Å²) in [5, 5.41) is 10.6. The van der Waals surface area contributed by atoms with E-state index in [1.807, 2.05) is 36.4 Å². The zero-order chi connectivity index (χ0) is 21.5. The molecule has 31 heavy (non-hydrogen) atoms. The zero-order valence-electron chi connectivity index (χ0n) is 17.6. The van der Waals surface area contributed by atoms with Crippen LogP contribution in [0.3, 0.4) is 0 Å². The Hall–Kier alpha value is -3.00. The summed E-state index contributed by atoms with van der Waals surface area (Å²) in [5.74, 6) is 1.61. The number of hydrogen-bond donors (Lipinski definition) is 2. The Morgan fingerprint density at radius 3 is 2.45 bits per heavy atom. The first-order valence-electron chi connectivity index (χ1n) is 10.6. The van der Waals surface area contributed by atoms with E-state index in [2.05, 4.69) is 37.5 Å². The minimum Gasteiger partial charge on any atom is -0.497 e. The first-order chi connectivity index (χ1) is 15.2. The van der Waals surface area contributed by atoms with E-state index in [1.54, 1.807) is 7.11 Å². The Labute approximate surface area is 186 Å². The molecule has 4 rings (SSSR count). The summed E-state index contributed by atoms with van der Waals surface area (Å²) in [6.07, 6.45) is 5.12. The van der Waals surface area contributed by atoms with Crippen LogP contribution >= 0.6 is 11.8 Å². The standard InChI is InChI=1S/C23H27N5O2S/c1-30-20-12-6-17(7-13-20)22-25-23(27-26-22)31-16-21(29)24-18-8-10-19(11-9-18)28-14-4-2-3-5-15-28/h6-13H,2-5,14-16H2,1H3,(H,24,29)(H,25,26,27). The maximum atomic E-state index is 12.3. The van der Waals surface area contributed by atoms with E-state index >= 15 is 0 Å². The second-order valence-electron chi connectivity index (χ2n) is 7.48. The van der Waals surface area contributed by atoms with Crippen molar-refractivity contribution in [1.82, 2.24) is 15.2 Å². The van der Waals surface area contributed by atoms with E-state index in [0.717, 1.165) is 30.1 Å². The number of methoxy groups -OCH3 is 1. The Morgan fingerprint density at radius 2 is 1.77 bits per heavy atom. The van der Waals surface area contributed by atoms with Gasteiger partial charge >= 0.3 is 0 Å². The number of amides is 1. The topological polar surface area (TPSA) is 83.1 Å². The molecule has 2 aromatic carbocycles. The molecule has 0 saturated carbocycles. The molecule has 0 atom stereocenters. The van der Waals surface area contributed by atoms with Crippen LogP contribution < -0.4 is 15.0 Å². The normalized spacial score (nSPS) is 14.2. The molecule has 2 heterocycles. The molecule has 0 unspecified atom stereocenters. The molecule has 162 valence electrons. The second-order valence-corrected chi connectivity index (χ2v) is 8.42. The molecule has 3 aromatic rings. The van der Waals surface area contributed by atoms with Crippen LogP contribution in [0.1, 0.15) is 25.7 Å². The molecule has 1 aromatic heterocycles. The third-order valence-electron chi connectivity index (χ3n) is 5.28. The number of nitrogens with one attached hydrogen (secondary N) is 2. The van der Waals surface area contributed by atoms with Crippen LogP contribution in [0.2, 0.25) is 0 Å². The highest BCUT2D eigenvalue weighted by Crippen LogP contribution is 2.23. The van der Waals surface area contributed by atoms with E-state index in [-0.39, 0.29) is 11.7 Å². The van der Waals surface area contributed by atoms with Crippen molar-refractivity contribution in [3.05, 3.63) is 48.5 Å². The number of H-pyrrole nitrogens is 1. The largest absolute Gasteiger partial charge is 0.497 e. The molecule has 1 fully saturated rings. The number of rotatable bonds is 7. The minimum absolute atomic E-state index is 0.0803. The van der Waals surface area contributed by atoms with Gasteiger partial charge in [0.15, 0.2) is 5.82 Å². The van der Waals surface area contributed by atoms with Crippen LogP contribution in [0.5, 0.6) is 5.75 Å². The van der Waals surface area contributed by atoms with Crippen molar-refractivity contribution in [1.29, 1.82) is 0 Å². The Kier molecular flexibility index (Phi) is 7.09. The van der Waals surface area contributed by atoms with Crippen LogP contribution in [-0.4, -0.2) is 47.0 Å².